The third-order valence-corrected chi connectivity index (χ3v) is 5.87. The second-order valence-corrected chi connectivity index (χ2v) is 8.37. The van der Waals surface area contributed by atoms with Crippen molar-refractivity contribution < 1.29 is 48.8 Å². The zero-order chi connectivity index (χ0) is 27.3. The number of benzene rings is 2. The molecular weight excluding hydrogens is 488 g/mol. The number of esters is 1. The fourth-order valence-electron chi connectivity index (χ4n) is 4.21. The molecule has 0 spiro atoms. The summed E-state index contributed by atoms with van der Waals surface area (Å²) in [5.41, 5.74) is 6.69. The number of aryl methyl sites for hydroxylation is 1. The first-order chi connectivity index (χ1) is 17.5. The number of anilines is 1. The molecule has 2 aromatic carbocycles. The van der Waals surface area contributed by atoms with Gasteiger partial charge in [0.2, 0.25) is 0 Å². The van der Waals surface area contributed by atoms with Crippen molar-refractivity contribution in [1.82, 2.24) is 5.32 Å². The van der Waals surface area contributed by atoms with E-state index in [0.717, 1.165) is 6.07 Å². The molecule has 0 radical (unpaired) electrons. The van der Waals surface area contributed by atoms with Crippen molar-refractivity contribution >= 4 is 35.5 Å². The number of nitrogen functional groups attached to an aromatic ring is 1. The molecule has 1 amide bonds. The summed E-state index contributed by atoms with van der Waals surface area (Å²) in [6.07, 6.45) is -0.825. The number of carboxylic acids is 3. The Morgan fingerprint density at radius 2 is 1.84 bits per heavy atom. The van der Waals surface area contributed by atoms with Crippen LogP contribution in [0.15, 0.2) is 24.3 Å². The van der Waals surface area contributed by atoms with E-state index in [1.807, 2.05) is 0 Å². The molecule has 1 atom stereocenters. The van der Waals surface area contributed by atoms with Gasteiger partial charge in [0.1, 0.15) is 0 Å². The van der Waals surface area contributed by atoms with Gasteiger partial charge < -0.3 is 35.8 Å². The third-order valence-electron chi connectivity index (χ3n) is 5.87. The molecular formula is C25H26N2O10. The lowest BCUT2D eigenvalue weighted by molar-refractivity contribution is -0.145. The molecule has 12 heteroatoms. The van der Waals surface area contributed by atoms with Crippen LogP contribution in [0.3, 0.4) is 0 Å². The Morgan fingerprint density at radius 1 is 1.11 bits per heavy atom. The van der Waals surface area contributed by atoms with Gasteiger partial charge in [-0.2, -0.15) is 0 Å². The van der Waals surface area contributed by atoms with Gasteiger partial charge in [-0.3, -0.25) is 19.2 Å². The highest BCUT2D eigenvalue weighted by atomic mass is 16.6. The maximum atomic E-state index is 13.1. The van der Waals surface area contributed by atoms with Crippen molar-refractivity contribution in [2.45, 2.75) is 38.0 Å². The number of amides is 1. The maximum absolute atomic E-state index is 13.1. The van der Waals surface area contributed by atoms with E-state index in [0.29, 0.717) is 24.1 Å². The summed E-state index contributed by atoms with van der Waals surface area (Å²) in [6, 6.07) is 5.77. The molecule has 0 saturated heterocycles. The van der Waals surface area contributed by atoms with Crippen molar-refractivity contribution in [2.75, 3.05) is 19.4 Å². The van der Waals surface area contributed by atoms with Crippen LogP contribution in [0.25, 0.3) is 0 Å². The van der Waals surface area contributed by atoms with Crippen LogP contribution in [0, 0.1) is 0 Å². The molecule has 0 aliphatic carbocycles. The van der Waals surface area contributed by atoms with E-state index in [1.165, 1.54) is 19.2 Å². The first kappa shape index (κ1) is 27.0. The molecule has 3 rings (SSSR count). The van der Waals surface area contributed by atoms with Gasteiger partial charge in [-0.05, 0) is 60.2 Å². The van der Waals surface area contributed by atoms with Gasteiger partial charge >= 0.3 is 23.9 Å². The summed E-state index contributed by atoms with van der Waals surface area (Å²) < 4.78 is 11.4. The lowest BCUT2D eigenvalue weighted by atomic mass is 9.85. The highest BCUT2D eigenvalue weighted by molar-refractivity contribution is 6.01. The Hall–Kier alpha value is -4.61. The zero-order valence-corrected chi connectivity index (χ0v) is 19.9. The van der Waals surface area contributed by atoms with E-state index < -0.39 is 48.5 Å². The lowest BCUT2D eigenvalue weighted by Crippen LogP contribution is -2.26. The average Bonchev–Trinajstić information content (AvgIpc) is 2.83. The summed E-state index contributed by atoms with van der Waals surface area (Å²) in [4.78, 5) is 61.1. The fraction of sp³-hybridized carbons (Fsp3) is 0.320. The van der Waals surface area contributed by atoms with E-state index >= 15 is 0 Å². The molecule has 1 aliphatic rings. The van der Waals surface area contributed by atoms with Gasteiger partial charge in [-0.15, -0.1) is 0 Å². The van der Waals surface area contributed by atoms with Crippen LogP contribution in [0.4, 0.5) is 5.69 Å². The summed E-state index contributed by atoms with van der Waals surface area (Å²) in [6.45, 7) is 0.0674. The molecule has 12 nitrogen and oxygen atoms in total. The first-order valence-electron chi connectivity index (χ1n) is 11.3. The summed E-state index contributed by atoms with van der Waals surface area (Å²) in [5, 5.41) is 30.8. The molecule has 196 valence electrons. The van der Waals surface area contributed by atoms with Crippen LogP contribution in [0.1, 0.15) is 62.6 Å². The van der Waals surface area contributed by atoms with Gasteiger partial charge in [-0.25, -0.2) is 4.79 Å². The number of nitrogens with one attached hydrogen (secondary N) is 1. The minimum Gasteiger partial charge on any atom is -0.489 e. The summed E-state index contributed by atoms with van der Waals surface area (Å²) in [7, 11) is 1.31. The van der Waals surface area contributed by atoms with Gasteiger partial charge in [0, 0.05) is 19.2 Å². The Kier molecular flexibility index (Phi) is 8.33. The number of carboxylic acid groups (broad SMARTS) is 3. The number of carbonyl (C=O) groups is 5. The van der Waals surface area contributed by atoms with E-state index in [9.17, 15) is 39.3 Å². The fourth-order valence-corrected chi connectivity index (χ4v) is 4.21. The van der Waals surface area contributed by atoms with Crippen molar-refractivity contribution in [2.24, 2.45) is 0 Å². The van der Waals surface area contributed by atoms with Crippen LogP contribution in [-0.4, -0.2) is 58.8 Å². The standard InChI is InChI=1S/C25H26N2O10/c1-27-23(32)21-15(6-7-19(28)29)16(17(24(33)34)11-20(30)31)10-18-22(21)36-8-2-3-12-9-13(26)4-5-14(12)25(35)37-18/h4-5,9-10,17H,2-3,6-8,11,26H2,1H3,(H,27,32)(H,28,29)(H,30,31)(H,33,34)/t17-/m0/s1. The van der Waals surface area contributed by atoms with Gasteiger partial charge in [-0.1, -0.05) is 0 Å². The van der Waals surface area contributed by atoms with Gasteiger partial charge in [0.25, 0.3) is 5.91 Å². The third kappa shape index (κ3) is 6.15. The number of carbonyl (C=O) groups excluding carboxylic acids is 2. The lowest BCUT2D eigenvalue weighted by Gasteiger charge is -2.24. The highest BCUT2D eigenvalue weighted by Crippen LogP contribution is 2.41. The summed E-state index contributed by atoms with van der Waals surface area (Å²) in [5.74, 6) is -7.88. The highest BCUT2D eigenvalue weighted by Gasteiger charge is 2.33. The topological polar surface area (TPSA) is 203 Å². The Morgan fingerprint density at radius 3 is 2.46 bits per heavy atom. The largest absolute Gasteiger partial charge is 0.489 e. The van der Waals surface area contributed by atoms with Crippen LogP contribution in [-0.2, 0) is 27.2 Å². The molecule has 0 fully saturated rings. The predicted octanol–water partition coefficient (Wildman–Crippen LogP) is 1.83. The second kappa shape index (κ2) is 11.4. The normalized spacial score (nSPS) is 13.7. The summed E-state index contributed by atoms with van der Waals surface area (Å²) >= 11 is 0. The quantitative estimate of drug-likeness (QED) is 0.195. The Bertz CT molecular complexity index is 1270. The number of ether oxygens (including phenoxy) is 2. The zero-order valence-electron chi connectivity index (χ0n) is 19.9. The molecule has 1 aliphatic heterocycles. The molecule has 37 heavy (non-hydrogen) atoms. The van der Waals surface area contributed by atoms with Crippen LogP contribution < -0.4 is 20.5 Å². The number of hydrogen-bond acceptors (Lipinski definition) is 8. The van der Waals surface area contributed by atoms with Gasteiger partial charge in [0.05, 0.1) is 30.1 Å². The first-order valence-corrected chi connectivity index (χ1v) is 11.3. The van der Waals surface area contributed by atoms with E-state index in [1.54, 1.807) is 6.07 Å². The Balaban J connectivity index is 2.31. The molecule has 6 N–H and O–H groups in total. The van der Waals surface area contributed by atoms with E-state index in [-0.39, 0.29) is 46.8 Å². The number of aliphatic carboxylic acids is 3. The second-order valence-electron chi connectivity index (χ2n) is 8.37. The van der Waals surface area contributed by atoms with Crippen molar-refractivity contribution in [3.8, 4) is 11.5 Å². The predicted molar refractivity (Wildman–Crippen MR) is 128 cm³/mol. The number of nitrogens with two attached hydrogens (primary N) is 1. The number of fused-ring (bicyclic) bond motifs is 2. The van der Waals surface area contributed by atoms with Gasteiger partial charge in [0.15, 0.2) is 11.5 Å². The maximum Gasteiger partial charge on any atom is 0.343 e. The SMILES string of the molecule is CNC(=O)c1c(CCC(=O)O)c([C@H](CC(=O)O)C(=O)O)cc2c1OCCCc1cc(N)ccc1C(=O)O2. The van der Waals surface area contributed by atoms with Crippen molar-refractivity contribution in [3.63, 3.8) is 0 Å². The Labute approximate surface area is 211 Å². The average molecular weight is 514 g/mol. The minimum absolute atomic E-state index is 0.0181. The molecule has 1 heterocycles. The van der Waals surface area contributed by atoms with Crippen LogP contribution in [0.2, 0.25) is 0 Å². The van der Waals surface area contributed by atoms with Crippen molar-refractivity contribution in [3.05, 3.63) is 52.1 Å². The van der Waals surface area contributed by atoms with Crippen molar-refractivity contribution in [1.29, 1.82) is 0 Å². The molecule has 0 aromatic heterocycles. The van der Waals surface area contributed by atoms with Crippen LogP contribution in [0.5, 0.6) is 11.5 Å². The monoisotopic (exact) mass is 514 g/mol. The van der Waals surface area contributed by atoms with E-state index in [4.69, 9.17) is 15.2 Å². The molecule has 2 aromatic rings. The van der Waals surface area contributed by atoms with Crippen LogP contribution >= 0.6 is 0 Å². The van der Waals surface area contributed by atoms with E-state index in [2.05, 4.69) is 5.32 Å². The molecule has 0 bridgehead atoms. The molecule has 0 unspecified atom stereocenters. The number of rotatable bonds is 8. The minimum atomic E-state index is -1.67. The molecule has 0 saturated carbocycles. The number of hydrogen-bond donors (Lipinski definition) is 5. The smallest absolute Gasteiger partial charge is 0.343 e.